The molecule has 6 heteroatoms. The van der Waals surface area contributed by atoms with Crippen molar-refractivity contribution in [3.05, 3.63) is 47.7 Å². The molecule has 0 saturated carbocycles. The number of amides is 1. The number of ether oxygens (including phenoxy) is 1. The van der Waals surface area contributed by atoms with Crippen LogP contribution in [-0.2, 0) is 9.53 Å². The Balaban J connectivity index is 1.97. The number of carboxylic acids is 1. The van der Waals surface area contributed by atoms with E-state index in [9.17, 15) is 14.7 Å². The maximum atomic E-state index is 12.5. The van der Waals surface area contributed by atoms with Crippen LogP contribution in [-0.4, -0.2) is 36.7 Å². The number of carboxylic acid groups (broad SMARTS) is 1. The van der Waals surface area contributed by atoms with Crippen LogP contribution in [0.15, 0.2) is 40.8 Å². The molecule has 0 aliphatic carbocycles. The SMILES string of the molecule is COCCC(NC(=O)c1oc2c(ccc3ccccc32)c1C)C(=O)O. The van der Waals surface area contributed by atoms with Gasteiger partial charge >= 0.3 is 5.97 Å². The van der Waals surface area contributed by atoms with Gasteiger partial charge in [0.25, 0.3) is 5.91 Å². The van der Waals surface area contributed by atoms with E-state index >= 15 is 0 Å². The van der Waals surface area contributed by atoms with Crippen molar-refractivity contribution in [3.8, 4) is 0 Å². The summed E-state index contributed by atoms with van der Waals surface area (Å²) in [6.45, 7) is 2.03. The van der Waals surface area contributed by atoms with Crippen LogP contribution in [0, 0.1) is 6.92 Å². The molecule has 0 radical (unpaired) electrons. The number of methoxy groups -OCH3 is 1. The molecule has 1 atom stereocenters. The zero-order valence-corrected chi connectivity index (χ0v) is 14.0. The topological polar surface area (TPSA) is 88.8 Å². The second-order valence-corrected chi connectivity index (χ2v) is 5.87. The first kappa shape index (κ1) is 17.0. The highest BCUT2D eigenvalue weighted by atomic mass is 16.5. The molecule has 0 aliphatic rings. The van der Waals surface area contributed by atoms with E-state index in [1.54, 1.807) is 6.92 Å². The average molecular weight is 341 g/mol. The van der Waals surface area contributed by atoms with Crippen molar-refractivity contribution < 1.29 is 23.8 Å². The molecule has 1 amide bonds. The third-order valence-corrected chi connectivity index (χ3v) is 4.25. The van der Waals surface area contributed by atoms with E-state index in [0.29, 0.717) is 11.1 Å². The summed E-state index contributed by atoms with van der Waals surface area (Å²) in [5, 5.41) is 14.5. The maximum absolute atomic E-state index is 12.5. The number of hydrogen-bond donors (Lipinski definition) is 2. The van der Waals surface area contributed by atoms with Crippen molar-refractivity contribution in [1.29, 1.82) is 0 Å². The van der Waals surface area contributed by atoms with Crippen LogP contribution in [0.4, 0.5) is 0 Å². The zero-order valence-electron chi connectivity index (χ0n) is 14.0. The number of aryl methyl sites for hydroxylation is 1. The molecule has 0 bridgehead atoms. The molecule has 3 rings (SSSR count). The molecular weight excluding hydrogens is 322 g/mol. The molecule has 2 N–H and O–H groups in total. The van der Waals surface area contributed by atoms with Gasteiger partial charge in [0.1, 0.15) is 11.6 Å². The lowest BCUT2D eigenvalue weighted by Crippen LogP contribution is -2.41. The van der Waals surface area contributed by atoms with Gasteiger partial charge in [0.05, 0.1) is 0 Å². The number of fused-ring (bicyclic) bond motifs is 3. The molecule has 0 spiro atoms. The minimum absolute atomic E-state index is 0.134. The number of hydrogen-bond acceptors (Lipinski definition) is 4. The number of carbonyl (C=O) groups excluding carboxylic acids is 1. The van der Waals surface area contributed by atoms with Crippen LogP contribution in [0.25, 0.3) is 21.7 Å². The monoisotopic (exact) mass is 341 g/mol. The summed E-state index contributed by atoms with van der Waals surface area (Å²) in [6, 6.07) is 10.6. The summed E-state index contributed by atoms with van der Waals surface area (Å²) < 4.78 is 10.7. The maximum Gasteiger partial charge on any atom is 0.326 e. The third kappa shape index (κ3) is 3.21. The molecular formula is C19H19NO5. The Hall–Kier alpha value is -2.86. The van der Waals surface area contributed by atoms with Crippen molar-refractivity contribution in [1.82, 2.24) is 5.32 Å². The third-order valence-electron chi connectivity index (χ3n) is 4.25. The molecule has 25 heavy (non-hydrogen) atoms. The molecule has 0 aliphatic heterocycles. The first-order valence-corrected chi connectivity index (χ1v) is 7.96. The second kappa shape index (κ2) is 6.94. The highest BCUT2D eigenvalue weighted by molar-refractivity contribution is 6.09. The fourth-order valence-corrected chi connectivity index (χ4v) is 2.88. The van der Waals surface area contributed by atoms with E-state index < -0.39 is 17.9 Å². The lowest BCUT2D eigenvalue weighted by molar-refractivity contribution is -0.139. The summed E-state index contributed by atoms with van der Waals surface area (Å²) in [4.78, 5) is 23.8. The van der Waals surface area contributed by atoms with Crippen LogP contribution in [0.2, 0.25) is 0 Å². The van der Waals surface area contributed by atoms with Gasteiger partial charge in [0, 0.05) is 36.5 Å². The number of benzene rings is 2. The van der Waals surface area contributed by atoms with Gasteiger partial charge in [0.15, 0.2) is 5.76 Å². The number of carbonyl (C=O) groups is 2. The largest absolute Gasteiger partial charge is 0.480 e. The smallest absolute Gasteiger partial charge is 0.326 e. The predicted octanol–water partition coefficient (Wildman–Crippen LogP) is 3.11. The van der Waals surface area contributed by atoms with Crippen LogP contribution < -0.4 is 5.32 Å². The highest BCUT2D eigenvalue weighted by Gasteiger charge is 2.24. The molecule has 6 nitrogen and oxygen atoms in total. The summed E-state index contributed by atoms with van der Waals surface area (Å²) in [7, 11) is 1.48. The highest BCUT2D eigenvalue weighted by Crippen LogP contribution is 2.31. The van der Waals surface area contributed by atoms with Gasteiger partial charge in [-0.25, -0.2) is 4.79 Å². The van der Waals surface area contributed by atoms with Crippen LogP contribution in [0.5, 0.6) is 0 Å². The Morgan fingerprint density at radius 2 is 1.96 bits per heavy atom. The quantitative estimate of drug-likeness (QED) is 0.719. The second-order valence-electron chi connectivity index (χ2n) is 5.87. The number of aliphatic carboxylic acids is 1. The molecule has 0 fully saturated rings. The molecule has 1 unspecified atom stereocenters. The normalized spacial score (nSPS) is 12.4. The van der Waals surface area contributed by atoms with Crippen molar-refractivity contribution >= 4 is 33.6 Å². The van der Waals surface area contributed by atoms with E-state index in [1.807, 2.05) is 36.4 Å². The fraction of sp³-hybridized carbons (Fsp3) is 0.263. The van der Waals surface area contributed by atoms with Crippen LogP contribution in [0.3, 0.4) is 0 Å². The number of nitrogens with one attached hydrogen (secondary N) is 1. The summed E-state index contributed by atoms with van der Waals surface area (Å²) in [5.41, 5.74) is 1.32. The lowest BCUT2D eigenvalue weighted by atomic mass is 10.1. The fourth-order valence-electron chi connectivity index (χ4n) is 2.88. The summed E-state index contributed by atoms with van der Waals surface area (Å²) in [5.74, 6) is -1.51. The minimum atomic E-state index is -1.11. The van der Waals surface area contributed by atoms with Gasteiger partial charge in [0.2, 0.25) is 0 Å². The van der Waals surface area contributed by atoms with Crippen LogP contribution in [0.1, 0.15) is 22.5 Å². The predicted molar refractivity (Wildman–Crippen MR) is 93.8 cm³/mol. The van der Waals surface area contributed by atoms with Crippen molar-refractivity contribution in [2.75, 3.05) is 13.7 Å². The first-order chi connectivity index (χ1) is 12.0. The number of rotatable bonds is 6. The van der Waals surface area contributed by atoms with Crippen molar-refractivity contribution in [2.45, 2.75) is 19.4 Å². The van der Waals surface area contributed by atoms with E-state index in [1.165, 1.54) is 7.11 Å². The molecule has 3 aromatic rings. The van der Waals surface area contributed by atoms with E-state index in [0.717, 1.165) is 16.2 Å². The zero-order chi connectivity index (χ0) is 18.0. The Bertz CT molecular complexity index is 944. The molecule has 130 valence electrons. The Morgan fingerprint density at radius 1 is 1.20 bits per heavy atom. The van der Waals surface area contributed by atoms with E-state index in [2.05, 4.69) is 5.32 Å². The lowest BCUT2D eigenvalue weighted by Gasteiger charge is -2.13. The Morgan fingerprint density at radius 3 is 2.68 bits per heavy atom. The summed E-state index contributed by atoms with van der Waals surface area (Å²) >= 11 is 0. The van der Waals surface area contributed by atoms with E-state index in [4.69, 9.17) is 9.15 Å². The van der Waals surface area contributed by atoms with Gasteiger partial charge in [-0.05, 0) is 12.3 Å². The molecule has 1 heterocycles. The average Bonchev–Trinajstić information content (AvgIpc) is 2.95. The van der Waals surface area contributed by atoms with Gasteiger partial charge in [-0.15, -0.1) is 0 Å². The number of furan rings is 1. The van der Waals surface area contributed by atoms with E-state index in [-0.39, 0.29) is 18.8 Å². The Kier molecular flexibility index (Phi) is 4.72. The molecule has 2 aromatic carbocycles. The Labute approximate surface area is 144 Å². The van der Waals surface area contributed by atoms with Gasteiger partial charge < -0.3 is 19.6 Å². The van der Waals surface area contributed by atoms with Crippen LogP contribution >= 0.6 is 0 Å². The molecule has 1 aromatic heterocycles. The van der Waals surface area contributed by atoms with Gasteiger partial charge in [-0.3, -0.25) is 4.79 Å². The standard InChI is InChI=1S/C19H19NO5/c1-11-13-8-7-12-5-3-4-6-14(12)17(13)25-16(11)18(21)20-15(19(22)23)9-10-24-2/h3-8,15H,9-10H2,1-2H3,(H,20,21)(H,22,23). The minimum Gasteiger partial charge on any atom is -0.480 e. The van der Waals surface area contributed by atoms with Crippen molar-refractivity contribution in [2.24, 2.45) is 0 Å². The van der Waals surface area contributed by atoms with Gasteiger partial charge in [-0.2, -0.15) is 0 Å². The summed E-state index contributed by atoms with van der Waals surface area (Å²) in [6.07, 6.45) is 0.180. The van der Waals surface area contributed by atoms with Crippen molar-refractivity contribution in [3.63, 3.8) is 0 Å². The van der Waals surface area contributed by atoms with Gasteiger partial charge in [-0.1, -0.05) is 36.4 Å². The molecule has 0 saturated heterocycles. The first-order valence-electron chi connectivity index (χ1n) is 7.96.